The molecular formula is C24H43N3O6S. The van der Waals surface area contributed by atoms with E-state index >= 15 is 0 Å². The van der Waals surface area contributed by atoms with Crippen molar-refractivity contribution in [3.05, 3.63) is 6.07 Å². The second-order valence-corrected chi connectivity index (χ2v) is 10.7. The van der Waals surface area contributed by atoms with E-state index in [-0.39, 0.29) is 53.7 Å². The van der Waals surface area contributed by atoms with E-state index in [1.807, 2.05) is 27.7 Å². The number of nitrogens with one attached hydrogen (secondary N) is 2. The second kappa shape index (κ2) is 14.0. The highest BCUT2D eigenvalue weighted by Gasteiger charge is 2.22. The van der Waals surface area contributed by atoms with Crippen LogP contribution in [0.3, 0.4) is 0 Å². The molecule has 0 aliphatic heterocycles. The molecule has 9 nitrogen and oxygen atoms in total. The molecule has 34 heavy (non-hydrogen) atoms. The van der Waals surface area contributed by atoms with E-state index in [2.05, 4.69) is 10.6 Å². The maximum atomic E-state index is 12.2. The number of thioether (sulfide) groups is 1. The zero-order chi connectivity index (χ0) is 25.9. The fourth-order valence-corrected chi connectivity index (χ4v) is 4.37. The Kier molecular flexibility index (Phi) is 12.4. The number of methoxy groups -OCH3 is 1. The van der Waals surface area contributed by atoms with E-state index < -0.39 is 0 Å². The molecule has 1 heterocycles. The predicted molar refractivity (Wildman–Crippen MR) is 135 cm³/mol. The van der Waals surface area contributed by atoms with Crippen molar-refractivity contribution >= 4 is 23.5 Å². The van der Waals surface area contributed by atoms with Gasteiger partial charge in [0.2, 0.25) is 11.8 Å². The summed E-state index contributed by atoms with van der Waals surface area (Å²) in [5.74, 6) is 0.0402. The molecule has 4 N–H and O–H groups in total. The largest absolute Gasteiger partial charge is 0.494 e. The average molecular weight is 502 g/mol. The highest BCUT2D eigenvalue weighted by molar-refractivity contribution is 7.99. The molecule has 1 atom stereocenters. The zero-order valence-electron chi connectivity index (χ0n) is 21.7. The van der Waals surface area contributed by atoms with Gasteiger partial charge in [0.25, 0.3) is 0 Å². The molecule has 1 rings (SSSR count). The van der Waals surface area contributed by atoms with Crippen molar-refractivity contribution in [2.24, 2.45) is 0 Å². The van der Waals surface area contributed by atoms with Crippen LogP contribution in [0.4, 0.5) is 0 Å². The van der Waals surface area contributed by atoms with Crippen LogP contribution in [-0.4, -0.2) is 76.8 Å². The number of nitrogens with zero attached hydrogens (tertiary/aromatic N) is 1. The van der Waals surface area contributed by atoms with Gasteiger partial charge in [-0.3, -0.25) is 14.2 Å². The van der Waals surface area contributed by atoms with E-state index in [9.17, 15) is 19.8 Å². The summed E-state index contributed by atoms with van der Waals surface area (Å²) >= 11 is 1.27. The molecule has 1 aromatic heterocycles. The summed E-state index contributed by atoms with van der Waals surface area (Å²) in [6.07, 6.45) is 2.50. The molecule has 10 heteroatoms. The number of hydrogen-bond donors (Lipinski definition) is 4. The number of aromatic hydroxyl groups is 2. The summed E-state index contributed by atoms with van der Waals surface area (Å²) in [6, 6.07) is 1.11. The van der Waals surface area contributed by atoms with Gasteiger partial charge in [0.15, 0.2) is 5.88 Å². The molecule has 0 bridgehead atoms. The zero-order valence-corrected chi connectivity index (χ0v) is 22.5. The van der Waals surface area contributed by atoms with Gasteiger partial charge < -0.3 is 30.3 Å². The van der Waals surface area contributed by atoms with Gasteiger partial charge in [0.05, 0.1) is 28.7 Å². The highest BCUT2D eigenvalue weighted by Crippen LogP contribution is 2.35. The Morgan fingerprint density at radius 2 is 1.85 bits per heavy atom. The van der Waals surface area contributed by atoms with E-state index in [0.717, 1.165) is 19.3 Å². The van der Waals surface area contributed by atoms with Crippen molar-refractivity contribution in [1.29, 1.82) is 0 Å². The number of likely N-dealkylation sites (N-methyl/N-ethyl adjacent to an activating group) is 1. The topological polar surface area (TPSA) is 122 Å². The molecule has 0 aromatic carbocycles. The minimum Gasteiger partial charge on any atom is -0.494 e. The summed E-state index contributed by atoms with van der Waals surface area (Å²) in [4.78, 5) is 24.2. The number of ether oxygens (including phenoxy) is 2. The number of ketones is 1. The minimum atomic E-state index is -0.340. The van der Waals surface area contributed by atoms with Crippen molar-refractivity contribution in [2.45, 2.75) is 89.0 Å². The summed E-state index contributed by atoms with van der Waals surface area (Å²) < 4.78 is 12.7. The van der Waals surface area contributed by atoms with Crippen LogP contribution < -0.4 is 10.6 Å². The highest BCUT2D eigenvalue weighted by atomic mass is 32.2. The van der Waals surface area contributed by atoms with Crippen molar-refractivity contribution in [3.63, 3.8) is 0 Å². The van der Waals surface area contributed by atoms with Crippen molar-refractivity contribution in [3.8, 4) is 11.8 Å². The third kappa shape index (κ3) is 10.7. The Morgan fingerprint density at radius 3 is 2.44 bits per heavy atom. The Bertz CT molecular complexity index is 794. The maximum absolute atomic E-state index is 12.2. The van der Waals surface area contributed by atoms with E-state index in [1.54, 1.807) is 14.2 Å². The normalized spacial score (nSPS) is 13.1. The lowest BCUT2D eigenvalue weighted by Gasteiger charge is -2.29. The van der Waals surface area contributed by atoms with Gasteiger partial charge in [-0.2, -0.15) is 0 Å². The van der Waals surface area contributed by atoms with Crippen LogP contribution in [-0.2, 0) is 25.6 Å². The number of rotatable bonds is 17. The molecule has 1 unspecified atom stereocenters. The van der Waals surface area contributed by atoms with E-state index in [4.69, 9.17) is 9.47 Å². The number of hydrogen-bond acceptors (Lipinski definition) is 8. The van der Waals surface area contributed by atoms with Crippen LogP contribution in [0.1, 0.15) is 60.3 Å². The molecule has 0 spiro atoms. The molecule has 1 amide bonds. The van der Waals surface area contributed by atoms with Crippen molar-refractivity contribution in [2.75, 3.05) is 33.1 Å². The lowest BCUT2D eigenvalue weighted by Crippen LogP contribution is -2.34. The van der Waals surface area contributed by atoms with Crippen molar-refractivity contribution in [1.82, 2.24) is 15.2 Å². The van der Waals surface area contributed by atoms with Crippen LogP contribution in [0.5, 0.6) is 11.8 Å². The standard InChI is InChI=1S/C24H43N3O6S/c1-17(28)18(25-6)16-34-19-15-21(30)27(22(19)31)13-9-20(29)26-12-8-10-24(4,5)33-14-11-23(2,3)32-7/h15,18,25,30-31H,8-14,16H2,1-7H3,(H,26,29). The lowest BCUT2D eigenvalue weighted by molar-refractivity contribution is -0.121. The van der Waals surface area contributed by atoms with Gasteiger partial charge >= 0.3 is 0 Å². The molecule has 0 radical (unpaired) electrons. The quantitative estimate of drug-likeness (QED) is 0.190. The molecule has 0 aliphatic carbocycles. The van der Waals surface area contributed by atoms with Crippen LogP contribution >= 0.6 is 11.8 Å². The minimum absolute atomic E-state index is 0.000179. The maximum Gasteiger partial charge on any atom is 0.221 e. The third-order valence-corrected chi connectivity index (χ3v) is 6.96. The Balaban J connectivity index is 2.39. The van der Waals surface area contributed by atoms with Gasteiger partial charge in [-0.15, -0.1) is 11.8 Å². The Labute approximate surface area is 208 Å². The molecule has 0 saturated heterocycles. The Hall–Kier alpha value is -1.75. The number of Topliss-reactive ketones (excluding diaryl/α,β-unsaturated/α-hetero) is 1. The van der Waals surface area contributed by atoms with Gasteiger partial charge in [0, 0.05) is 38.4 Å². The van der Waals surface area contributed by atoms with Crippen LogP contribution in [0.25, 0.3) is 0 Å². The number of carbonyl (C=O) groups excluding carboxylic acids is 2. The first-order valence-corrected chi connectivity index (χ1v) is 12.7. The van der Waals surface area contributed by atoms with E-state index in [1.165, 1.54) is 29.3 Å². The molecular weight excluding hydrogens is 458 g/mol. The Morgan fingerprint density at radius 1 is 1.18 bits per heavy atom. The first-order chi connectivity index (χ1) is 15.8. The predicted octanol–water partition coefficient (Wildman–Crippen LogP) is 3.07. The summed E-state index contributed by atoms with van der Waals surface area (Å²) in [5.41, 5.74) is -0.504. The van der Waals surface area contributed by atoms with Gasteiger partial charge in [-0.05, 0) is 60.9 Å². The van der Waals surface area contributed by atoms with Crippen LogP contribution in [0.15, 0.2) is 11.0 Å². The van der Waals surface area contributed by atoms with E-state index in [0.29, 0.717) is 23.8 Å². The summed E-state index contributed by atoms with van der Waals surface area (Å²) in [5, 5.41) is 26.4. The van der Waals surface area contributed by atoms with Gasteiger partial charge in [-0.25, -0.2) is 0 Å². The summed E-state index contributed by atoms with van der Waals surface area (Å²) in [7, 11) is 3.40. The van der Waals surface area contributed by atoms with Crippen molar-refractivity contribution < 1.29 is 29.3 Å². The molecule has 0 saturated carbocycles. The number of aromatic nitrogens is 1. The smallest absolute Gasteiger partial charge is 0.221 e. The first-order valence-electron chi connectivity index (χ1n) is 11.7. The molecule has 1 aromatic rings. The van der Waals surface area contributed by atoms with Crippen LogP contribution in [0, 0.1) is 0 Å². The van der Waals surface area contributed by atoms with Crippen LogP contribution in [0.2, 0.25) is 0 Å². The SMILES string of the molecule is CNC(CSc1cc(O)n(CCC(=O)NCCCC(C)(C)OCCC(C)(C)OC)c1O)C(C)=O. The molecule has 0 fully saturated rings. The molecule has 196 valence electrons. The molecule has 0 aliphatic rings. The van der Waals surface area contributed by atoms with Gasteiger partial charge in [0.1, 0.15) is 5.78 Å². The fourth-order valence-electron chi connectivity index (χ4n) is 3.20. The van der Waals surface area contributed by atoms with Gasteiger partial charge in [-0.1, -0.05) is 0 Å². The monoisotopic (exact) mass is 501 g/mol. The average Bonchev–Trinajstić information content (AvgIpc) is 3.02. The second-order valence-electron chi connectivity index (χ2n) is 9.63. The fraction of sp³-hybridized carbons (Fsp3) is 0.750. The first kappa shape index (κ1) is 30.3. The lowest BCUT2D eigenvalue weighted by atomic mass is 10.0. The third-order valence-electron chi connectivity index (χ3n) is 5.85. The summed E-state index contributed by atoms with van der Waals surface area (Å²) in [6.45, 7) is 10.9. The number of amides is 1. The number of carbonyl (C=O) groups is 2.